The molecule has 0 fully saturated rings. The summed E-state index contributed by atoms with van der Waals surface area (Å²) < 4.78 is 15.8. The molecule has 0 bridgehead atoms. The minimum atomic E-state index is -1.07. The van der Waals surface area contributed by atoms with Gasteiger partial charge in [-0.2, -0.15) is 0 Å². The van der Waals surface area contributed by atoms with Gasteiger partial charge in [0.2, 0.25) is 12.6 Å². The van der Waals surface area contributed by atoms with Crippen LogP contribution < -0.4 is 9.47 Å². The Bertz CT molecular complexity index is 521. The van der Waals surface area contributed by atoms with E-state index in [4.69, 9.17) is 14.2 Å². The molecule has 0 aromatic heterocycles. The van der Waals surface area contributed by atoms with E-state index in [-0.39, 0.29) is 12.6 Å². The van der Waals surface area contributed by atoms with Crippen molar-refractivity contribution in [1.82, 2.24) is 0 Å². The van der Waals surface area contributed by atoms with E-state index in [2.05, 4.69) is 6.92 Å². The fourth-order valence-electron chi connectivity index (χ4n) is 2.03. The molecule has 1 aromatic rings. The zero-order valence-corrected chi connectivity index (χ0v) is 12.1. The maximum absolute atomic E-state index is 11.2. The number of rotatable bonds is 8. The van der Waals surface area contributed by atoms with E-state index < -0.39 is 5.97 Å². The molecule has 5 nitrogen and oxygen atoms in total. The third-order valence-electron chi connectivity index (χ3n) is 3.16. The summed E-state index contributed by atoms with van der Waals surface area (Å²) in [6.45, 7) is 2.74. The summed E-state index contributed by atoms with van der Waals surface area (Å²) in [6.07, 6.45) is 5.69. The molecule has 0 saturated carbocycles. The van der Waals surface area contributed by atoms with Crippen LogP contribution in [0.3, 0.4) is 0 Å². The van der Waals surface area contributed by atoms with E-state index in [1.54, 1.807) is 18.2 Å². The zero-order valence-electron chi connectivity index (χ0n) is 12.1. The molecule has 0 aliphatic carbocycles. The van der Waals surface area contributed by atoms with Gasteiger partial charge in [-0.15, -0.1) is 0 Å². The van der Waals surface area contributed by atoms with Crippen LogP contribution in [0.25, 0.3) is 6.08 Å². The zero-order chi connectivity index (χ0) is 15.1. The van der Waals surface area contributed by atoms with Gasteiger partial charge in [-0.1, -0.05) is 32.3 Å². The molecule has 1 heterocycles. The molecule has 1 aromatic carbocycles. The molecule has 0 spiro atoms. The molecular formula is C16H20O5. The molecule has 0 radical (unpaired) electrons. The van der Waals surface area contributed by atoms with Gasteiger partial charge in [-0.3, -0.25) is 0 Å². The lowest BCUT2D eigenvalue weighted by atomic mass is 10.2. The Morgan fingerprint density at radius 2 is 2.10 bits per heavy atom. The molecule has 0 saturated heterocycles. The first-order valence-electron chi connectivity index (χ1n) is 7.18. The van der Waals surface area contributed by atoms with Crippen molar-refractivity contribution in [2.45, 2.75) is 32.6 Å². The number of carbonyl (C=O) groups is 1. The van der Waals surface area contributed by atoms with Crippen molar-refractivity contribution in [1.29, 1.82) is 0 Å². The maximum atomic E-state index is 11.2. The molecule has 0 unspecified atom stereocenters. The summed E-state index contributed by atoms with van der Waals surface area (Å²) in [7, 11) is 0. The number of carboxylic acid groups (broad SMARTS) is 1. The largest absolute Gasteiger partial charge is 0.487 e. The topological polar surface area (TPSA) is 65.0 Å². The van der Waals surface area contributed by atoms with Gasteiger partial charge in [0.25, 0.3) is 0 Å². The average Bonchev–Trinajstić information content (AvgIpc) is 2.93. The molecule has 1 N–H and O–H groups in total. The highest BCUT2D eigenvalue weighted by Gasteiger charge is 2.14. The Morgan fingerprint density at radius 1 is 1.29 bits per heavy atom. The summed E-state index contributed by atoms with van der Waals surface area (Å²) in [4.78, 5) is 11.2. The lowest BCUT2D eigenvalue weighted by Crippen LogP contribution is -2.06. The molecule has 1 aliphatic heterocycles. The van der Waals surface area contributed by atoms with Crippen LogP contribution in [0.15, 0.2) is 24.0 Å². The normalized spacial score (nSPS) is 13.3. The van der Waals surface area contributed by atoms with Crippen LogP contribution in [0, 0.1) is 0 Å². The van der Waals surface area contributed by atoms with Crippen molar-refractivity contribution in [3.8, 4) is 11.5 Å². The number of fused-ring (bicyclic) bond motifs is 1. The van der Waals surface area contributed by atoms with Gasteiger partial charge in [-0.25, -0.2) is 4.79 Å². The summed E-state index contributed by atoms with van der Waals surface area (Å²) in [5.74, 6) is 0.175. The summed E-state index contributed by atoms with van der Waals surface area (Å²) in [6, 6.07) is 5.28. The van der Waals surface area contributed by atoms with Gasteiger partial charge in [0.05, 0.1) is 6.61 Å². The summed E-state index contributed by atoms with van der Waals surface area (Å²) >= 11 is 0. The smallest absolute Gasteiger partial charge is 0.371 e. The van der Waals surface area contributed by atoms with Crippen LogP contribution in [0.2, 0.25) is 0 Å². The van der Waals surface area contributed by atoms with Crippen LogP contribution in [-0.2, 0) is 9.53 Å². The number of aliphatic carboxylic acids is 1. The number of hydrogen-bond acceptors (Lipinski definition) is 4. The molecule has 5 heteroatoms. The van der Waals surface area contributed by atoms with E-state index in [0.717, 1.165) is 25.7 Å². The predicted molar refractivity (Wildman–Crippen MR) is 78.3 cm³/mol. The first kappa shape index (κ1) is 15.2. The highest BCUT2D eigenvalue weighted by molar-refractivity contribution is 5.90. The molecule has 21 heavy (non-hydrogen) atoms. The number of carboxylic acids is 1. The number of benzene rings is 1. The van der Waals surface area contributed by atoms with E-state index in [1.165, 1.54) is 6.08 Å². The monoisotopic (exact) mass is 292 g/mol. The van der Waals surface area contributed by atoms with E-state index >= 15 is 0 Å². The van der Waals surface area contributed by atoms with Gasteiger partial charge >= 0.3 is 5.97 Å². The van der Waals surface area contributed by atoms with E-state index in [1.807, 2.05) is 0 Å². The average molecular weight is 292 g/mol. The van der Waals surface area contributed by atoms with Gasteiger partial charge in [-0.05, 0) is 30.2 Å². The van der Waals surface area contributed by atoms with E-state index in [9.17, 15) is 9.90 Å². The van der Waals surface area contributed by atoms with Crippen LogP contribution in [0.4, 0.5) is 0 Å². The Labute approximate surface area is 124 Å². The van der Waals surface area contributed by atoms with Gasteiger partial charge < -0.3 is 19.3 Å². The fraction of sp³-hybridized carbons (Fsp3) is 0.438. The maximum Gasteiger partial charge on any atom is 0.371 e. The van der Waals surface area contributed by atoms with Crippen LogP contribution in [0.5, 0.6) is 11.5 Å². The van der Waals surface area contributed by atoms with Crippen molar-refractivity contribution in [3.63, 3.8) is 0 Å². The van der Waals surface area contributed by atoms with Crippen LogP contribution >= 0.6 is 0 Å². The van der Waals surface area contributed by atoms with Crippen molar-refractivity contribution in [3.05, 3.63) is 29.5 Å². The lowest BCUT2D eigenvalue weighted by molar-refractivity contribution is -0.136. The Kier molecular flexibility index (Phi) is 5.49. The van der Waals surface area contributed by atoms with Gasteiger partial charge in [0, 0.05) is 0 Å². The molecule has 2 rings (SSSR count). The number of unbranched alkanes of at least 4 members (excludes halogenated alkanes) is 3. The Hall–Kier alpha value is -2.17. The first-order chi connectivity index (χ1) is 10.2. The van der Waals surface area contributed by atoms with Crippen LogP contribution in [0.1, 0.15) is 38.2 Å². The van der Waals surface area contributed by atoms with Crippen LogP contribution in [-0.4, -0.2) is 24.5 Å². The second kappa shape index (κ2) is 7.57. The van der Waals surface area contributed by atoms with Crippen molar-refractivity contribution in [2.24, 2.45) is 0 Å². The third kappa shape index (κ3) is 4.41. The van der Waals surface area contributed by atoms with Crippen molar-refractivity contribution in [2.75, 3.05) is 13.4 Å². The van der Waals surface area contributed by atoms with Gasteiger partial charge in [0.1, 0.15) is 0 Å². The first-order valence-corrected chi connectivity index (χ1v) is 7.18. The minimum Gasteiger partial charge on any atom is -0.487 e. The van der Waals surface area contributed by atoms with E-state index in [0.29, 0.717) is 23.7 Å². The quantitative estimate of drug-likeness (QED) is 0.452. The lowest BCUT2D eigenvalue weighted by Gasteiger charge is -2.07. The summed E-state index contributed by atoms with van der Waals surface area (Å²) in [5.41, 5.74) is 0.713. The molecule has 1 aliphatic rings. The minimum absolute atomic E-state index is 0.0506. The van der Waals surface area contributed by atoms with Crippen molar-refractivity contribution >= 4 is 12.0 Å². The standard InChI is InChI=1S/C16H20O5/c1-2-3-4-5-8-19-15(16(17)18)10-12-6-7-13-14(9-12)21-11-20-13/h6-7,9-10H,2-5,8,11H2,1H3,(H,17,18). The number of ether oxygens (including phenoxy) is 3. The SMILES string of the molecule is CCCCCCOC(=Cc1ccc2c(c1)OCO2)C(=O)O. The second-order valence-electron chi connectivity index (χ2n) is 4.84. The molecule has 114 valence electrons. The molecular weight excluding hydrogens is 272 g/mol. The third-order valence-corrected chi connectivity index (χ3v) is 3.16. The highest BCUT2D eigenvalue weighted by atomic mass is 16.7. The highest BCUT2D eigenvalue weighted by Crippen LogP contribution is 2.33. The second-order valence-corrected chi connectivity index (χ2v) is 4.84. The Morgan fingerprint density at radius 3 is 2.86 bits per heavy atom. The Balaban J connectivity index is 1.98. The summed E-state index contributed by atoms with van der Waals surface area (Å²) in [5, 5.41) is 9.18. The molecule has 0 atom stereocenters. The fourth-order valence-corrected chi connectivity index (χ4v) is 2.03. The van der Waals surface area contributed by atoms with Crippen molar-refractivity contribution < 1.29 is 24.1 Å². The predicted octanol–water partition coefficient (Wildman–Crippen LogP) is 3.44. The number of hydrogen-bond donors (Lipinski definition) is 1. The van der Waals surface area contributed by atoms with Gasteiger partial charge in [0.15, 0.2) is 11.5 Å². The molecule has 0 amide bonds.